The SMILES string of the molecule is CNC(C)(C)C(=O)c1cccc(OC(F)(F)F)c1. The third kappa shape index (κ3) is 3.73. The second kappa shape index (κ2) is 4.97. The molecule has 0 amide bonds. The Morgan fingerprint density at radius 1 is 1.28 bits per heavy atom. The Morgan fingerprint density at radius 2 is 1.89 bits per heavy atom. The molecule has 1 rings (SSSR count). The molecule has 0 atom stereocenters. The molecule has 0 saturated carbocycles. The van der Waals surface area contributed by atoms with Crippen LogP contribution < -0.4 is 10.1 Å². The van der Waals surface area contributed by atoms with Crippen LogP contribution in [0, 0.1) is 0 Å². The number of ether oxygens (including phenoxy) is 1. The van der Waals surface area contributed by atoms with Crippen LogP contribution in [0.4, 0.5) is 13.2 Å². The highest BCUT2D eigenvalue weighted by Crippen LogP contribution is 2.24. The van der Waals surface area contributed by atoms with Crippen molar-refractivity contribution >= 4 is 5.78 Å². The number of alkyl halides is 3. The standard InChI is InChI=1S/C12H14F3NO2/c1-11(2,16-3)10(17)8-5-4-6-9(7-8)18-12(13,14)15/h4-7,16H,1-3H3. The molecule has 3 nitrogen and oxygen atoms in total. The van der Waals surface area contributed by atoms with E-state index in [2.05, 4.69) is 10.1 Å². The van der Waals surface area contributed by atoms with Gasteiger partial charge < -0.3 is 10.1 Å². The lowest BCUT2D eigenvalue weighted by Gasteiger charge is -2.22. The lowest BCUT2D eigenvalue weighted by molar-refractivity contribution is -0.274. The normalized spacial score (nSPS) is 12.3. The molecular formula is C12H14F3NO2. The smallest absolute Gasteiger partial charge is 0.406 e. The molecule has 18 heavy (non-hydrogen) atoms. The fourth-order valence-electron chi connectivity index (χ4n) is 1.31. The fourth-order valence-corrected chi connectivity index (χ4v) is 1.31. The number of carbonyl (C=O) groups is 1. The van der Waals surface area contributed by atoms with Crippen LogP contribution in [-0.2, 0) is 0 Å². The minimum absolute atomic E-state index is 0.163. The molecule has 0 fully saturated rings. The summed E-state index contributed by atoms with van der Waals surface area (Å²) in [5, 5.41) is 2.79. The Hall–Kier alpha value is -1.56. The zero-order valence-electron chi connectivity index (χ0n) is 10.3. The van der Waals surface area contributed by atoms with Crippen molar-refractivity contribution in [1.29, 1.82) is 0 Å². The third-order valence-electron chi connectivity index (χ3n) is 2.52. The summed E-state index contributed by atoms with van der Waals surface area (Å²) in [6.07, 6.45) is -4.76. The van der Waals surface area contributed by atoms with E-state index >= 15 is 0 Å². The molecule has 100 valence electrons. The van der Waals surface area contributed by atoms with E-state index in [9.17, 15) is 18.0 Å². The van der Waals surface area contributed by atoms with Gasteiger partial charge in [0.2, 0.25) is 0 Å². The maximum atomic E-state index is 12.1. The number of carbonyl (C=O) groups excluding carboxylic acids is 1. The molecule has 0 spiro atoms. The summed E-state index contributed by atoms with van der Waals surface area (Å²) < 4.78 is 39.9. The molecule has 1 aromatic carbocycles. The Bertz CT molecular complexity index is 441. The molecule has 0 aliphatic rings. The Kier molecular flexibility index (Phi) is 4.01. The molecule has 0 bridgehead atoms. The number of rotatable bonds is 4. The van der Waals surface area contributed by atoms with Crippen LogP contribution in [0.3, 0.4) is 0 Å². The van der Waals surface area contributed by atoms with Gasteiger partial charge >= 0.3 is 6.36 Å². The van der Waals surface area contributed by atoms with E-state index in [1.54, 1.807) is 20.9 Å². The summed E-state index contributed by atoms with van der Waals surface area (Å²) in [7, 11) is 1.61. The van der Waals surface area contributed by atoms with Gasteiger partial charge in [0.1, 0.15) is 5.75 Å². The summed E-state index contributed by atoms with van der Waals surface area (Å²) in [5.41, 5.74) is -0.687. The number of ketones is 1. The van der Waals surface area contributed by atoms with Crippen LogP contribution in [0.2, 0.25) is 0 Å². The largest absolute Gasteiger partial charge is 0.573 e. The number of Topliss-reactive ketones (excluding diaryl/α,β-unsaturated/α-hetero) is 1. The van der Waals surface area contributed by atoms with Crippen molar-refractivity contribution in [2.24, 2.45) is 0 Å². The van der Waals surface area contributed by atoms with Crippen LogP contribution >= 0.6 is 0 Å². The topological polar surface area (TPSA) is 38.3 Å². The second-order valence-corrected chi connectivity index (χ2v) is 4.28. The van der Waals surface area contributed by atoms with Gasteiger partial charge in [-0.15, -0.1) is 13.2 Å². The molecule has 0 unspecified atom stereocenters. The van der Waals surface area contributed by atoms with Crippen molar-refractivity contribution in [3.63, 3.8) is 0 Å². The first-order chi connectivity index (χ1) is 8.15. The minimum atomic E-state index is -4.76. The molecule has 6 heteroatoms. The highest BCUT2D eigenvalue weighted by Gasteiger charge is 2.32. The maximum absolute atomic E-state index is 12.1. The van der Waals surface area contributed by atoms with Crippen molar-refractivity contribution in [3.05, 3.63) is 29.8 Å². The summed E-state index contributed by atoms with van der Waals surface area (Å²) >= 11 is 0. The van der Waals surface area contributed by atoms with Gasteiger partial charge in [-0.1, -0.05) is 12.1 Å². The lowest BCUT2D eigenvalue weighted by Crippen LogP contribution is -2.44. The second-order valence-electron chi connectivity index (χ2n) is 4.28. The zero-order chi connectivity index (χ0) is 14.0. The van der Waals surface area contributed by atoms with Gasteiger partial charge in [0.05, 0.1) is 5.54 Å². The van der Waals surface area contributed by atoms with Crippen molar-refractivity contribution in [2.45, 2.75) is 25.7 Å². The van der Waals surface area contributed by atoms with Gasteiger partial charge in [-0.05, 0) is 33.0 Å². The first-order valence-electron chi connectivity index (χ1n) is 5.25. The van der Waals surface area contributed by atoms with E-state index in [-0.39, 0.29) is 11.3 Å². The third-order valence-corrected chi connectivity index (χ3v) is 2.52. The van der Waals surface area contributed by atoms with Crippen molar-refractivity contribution in [3.8, 4) is 5.75 Å². The number of benzene rings is 1. The van der Waals surface area contributed by atoms with Crippen molar-refractivity contribution in [1.82, 2.24) is 5.32 Å². The first-order valence-corrected chi connectivity index (χ1v) is 5.25. The predicted molar refractivity (Wildman–Crippen MR) is 60.6 cm³/mol. The summed E-state index contributed by atoms with van der Waals surface area (Å²) in [5.74, 6) is -0.710. The minimum Gasteiger partial charge on any atom is -0.406 e. The summed E-state index contributed by atoms with van der Waals surface area (Å²) in [6.45, 7) is 3.29. The monoisotopic (exact) mass is 261 g/mol. The maximum Gasteiger partial charge on any atom is 0.573 e. The molecule has 0 saturated heterocycles. The molecular weight excluding hydrogens is 247 g/mol. The van der Waals surface area contributed by atoms with Crippen LogP contribution in [0.5, 0.6) is 5.75 Å². The summed E-state index contributed by atoms with van der Waals surface area (Å²) in [6, 6.07) is 5.02. The van der Waals surface area contributed by atoms with E-state index in [1.165, 1.54) is 12.1 Å². The number of likely N-dealkylation sites (N-methyl/N-ethyl adjacent to an activating group) is 1. The van der Waals surface area contributed by atoms with Crippen molar-refractivity contribution in [2.75, 3.05) is 7.05 Å². The van der Waals surface area contributed by atoms with Crippen LogP contribution in [0.25, 0.3) is 0 Å². The molecule has 0 radical (unpaired) electrons. The molecule has 0 heterocycles. The Balaban J connectivity index is 2.99. The predicted octanol–water partition coefficient (Wildman–Crippen LogP) is 2.77. The first kappa shape index (κ1) is 14.5. The highest BCUT2D eigenvalue weighted by atomic mass is 19.4. The number of hydrogen-bond donors (Lipinski definition) is 1. The van der Waals surface area contributed by atoms with Gasteiger partial charge in [-0.25, -0.2) is 0 Å². The highest BCUT2D eigenvalue weighted by molar-refractivity contribution is 6.02. The average Bonchev–Trinajstić information content (AvgIpc) is 2.26. The van der Waals surface area contributed by atoms with Crippen LogP contribution in [0.1, 0.15) is 24.2 Å². The number of halogens is 3. The number of nitrogens with one attached hydrogen (secondary N) is 1. The Labute approximate surface area is 103 Å². The Morgan fingerprint density at radius 3 is 2.39 bits per heavy atom. The van der Waals surface area contributed by atoms with Gasteiger partial charge in [0.15, 0.2) is 5.78 Å². The van der Waals surface area contributed by atoms with Gasteiger partial charge in [-0.2, -0.15) is 0 Å². The molecule has 0 aliphatic heterocycles. The van der Waals surface area contributed by atoms with E-state index in [1.807, 2.05) is 0 Å². The van der Waals surface area contributed by atoms with Gasteiger partial charge in [0.25, 0.3) is 0 Å². The zero-order valence-corrected chi connectivity index (χ0v) is 10.3. The van der Waals surface area contributed by atoms with E-state index < -0.39 is 17.7 Å². The molecule has 1 N–H and O–H groups in total. The van der Waals surface area contributed by atoms with Gasteiger partial charge in [-0.3, -0.25) is 4.79 Å². The molecule has 1 aromatic rings. The van der Waals surface area contributed by atoms with Crippen LogP contribution in [-0.4, -0.2) is 24.7 Å². The average molecular weight is 261 g/mol. The number of hydrogen-bond acceptors (Lipinski definition) is 3. The quantitative estimate of drug-likeness (QED) is 0.847. The van der Waals surface area contributed by atoms with Gasteiger partial charge in [0, 0.05) is 5.56 Å². The van der Waals surface area contributed by atoms with Crippen LogP contribution in [0.15, 0.2) is 24.3 Å². The summed E-state index contributed by atoms with van der Waals surface area (Å²) in [4.78, 5) is 12.0. The van der Waals surface area contributed by atoms with E-state index in [0.717, 1.165) is 12.1 Å². The lowest BCUT2D eigenvalue weighted by atomic mass is 9.93. The van der Waals surface area contributed by atoms with Crippen molar-refractivity contribution < 1.29 is 22.7 Å². The van der Waals surface area contributed by atoms with E-state index in [0.29, 0.717) is 0 Å². The molecule has 0 aliphatic carbocycles. The molecule has 0 aromatic heterocycles. The fraction of sp³-hybridized carbons (Fsp3) is 0.417. The van der Waals surface area contributed by atoms with E-state index in [4.69, 9.17) is 0 Å².